The lowest BCUT2D eigenvalue weighted by Crippen LogP contribution is -2.14. The van der Waals surface area contributed by atoms with Crippen LogP contribution in [0, 0.1) is 16.7 Å². The van der Waals surface area contributed by atoms with Crippen molar-refractivity contribution in [2.45, 2.75) is 70.8 Å². The maximum Gasteiger partial charge on any atom is 0.303 e. The summed E-state index contributed by atoms with van der Waals surface area (Å²) in [7, 11) is 0. The molecule has 0 aliphatic carbocycles. The highest BCUT2D eigenvalue weighted by Gasteiger charge is 2.23. The van der Waals surface area contributed by atoms with Gasteiger partial charge in [-0.1, -0.05) is 25.7 Å². The third-order valence-electron chi connectivity index (χ3n) is 3.80. The highest BCUT2D eigenvalue weighted by molar-refractivity contribution is 5.66. The molecule has 1 N–H and O–H groups in total. The highest BCUT2D eigenvalue weighted by atomic mass is 16.6. The highest BCUT2D eigenvalue weighted by Crippen LogP contribution is 2.30. The first-order valence-electron chi connectivity index (χ1n) is 7.30. The van der Waals surface area contributed by atoms with Crippen LogP contribution in [0.4, 0.5) is 0 Å². The molecule has 0 bridgehead atoms. The van der Waals surface area contributed by atoms with Crippen LogP contribution >= 0.6 is 0 Å². The smallest absolute Gasteiger partial charge is 0.303 e. The van der Waals surface area contributed by atoms with Crippen LogP contribution in [0.25, 0.3) is 0 Å². The number of carbonyl (C=O) groups is 1. The molecule has 4 heteroatoms. The van der Waals surface area contributed by atoms with Crippen LogP contribution in [0.3, 0.4) is 0 Å². The molecule has 1 aliphatic rings. The molecule has 4 nitrogen and oxygen atoms in total. The van der Waals surface area contributed by atoms with E-state index in [2.05, 4.69) is 6.07 Å². The predicted octanol–water partition coefficient (Wildman–Crippen LogP) is 3.51. The molecule has 1 rings (SSSR count). The van der Waals surface area contributed by atoms with Crippen LogP contribution in [0.2, 0.25) is 0 Å². The third kappa shape index (κ3) is 7.84. The molecule has 0 aromatic heterocycles. The van der Waals surface area contributed by atoms with Crippen molar-refractivity contribution in [1.29, 1.82) is 5.26 Å². The van der Waals surface area contributed by atoms with Crippen molar-refractivity contribution < 1.29 is 14.6 Å². The number of carboxylic acid groups (broad SMARTS) is 1. The van der Waals surface area contributed by atoms with Crippen LogP contribution in [0.15, 0.2) is 0 Å². The van der Waals surface area contributed by atoms with E-state index in [1.807, 2.05) is 6.92 Å². The molecule has 108 valence electrons. The van der Waals surface area contributed by atoms with Crippen molar-refractivity contribution in [3.8, 4) is 6.07 Å². The Balaban J connectivity index is 2.04. The minimum atomic E-state index is -0.775. The van der Waals surface area contributed by atoms with Gasteiger partial charge in [-0.2, -0.15) is 5.26 Å². The first-order chi connectivity index (χ1) is 9.06. The van der Waals surface area contributed by atoms with Crippen molar-refractivity contribution in [1.82, 2.24) is 0 Å². The number of unbranched alkanes of at least 4 members (excludes halogenated alkanes) is 3. The molecule has 0 amide bonds. The molecule has 0 aromatic carbocycles. The fourth-order valence-electron chi connectivity index (χ4n) is 2.34. The Morgan fingerprint density at radius 2 is 1.95 bits per heavy atom. The fourth-order valence-corrected chi connectivity index (χ4v) is 2.34. The second-order valence-corrected chi connectivity index (χ2v) is 5.83. The summed E-state index contributed by atoms with van der Waals surface area (Å²) in [5.74, 6) is -0.775. The van der Waals surface area contributed by atoms with Crippen molar-refractivity contribution >= 4 is 5.97 Å². The standard InChI is InChI=1S/C15H25NO3/c1-15(12-16,10-6-8-14(17)18)9-5-3-2-4-7-13-11-19-13/h13H,2-11H2,1H3,(H,17,18). The molecule has 0 spiro atoms. The number of epoxide rings is 1. The molecule has 2 atom stereocenters. The largest absolute Gasteiger partial charge is 0.481 e. The first kappa shape index (κ1) is 16.0. The monoisotopic (exact) mass is 267 g/mol. The van der Waals surface area contributed by atoms with Gasteiger partial charge in [-0.3, -0.25) is 4.79 Å². The molecule has 1 aliphatic heterocycles. The molecule has 1 fully saturated rings. The van der Waals surface area contributed by atoms with Crippen LogP contribution in [0.1, 0.15) is 64.7 Å². The van der Waals surface area contributed by atoms with E-state index < -0.39 is 5.97 Å². The normalized spacial score (nSPS) is 20.5. The second-order valence-electron chi connectivity index (χ2n) is 5.83. The van der Waals surface area contributed by atoms with E-state index in [9.17, 15) is 10.1 Å². The predicted molar refractivity (Wildman–Crippen MR) is 72.6 cm³/mol. The molecule has 0 radical (unpaired) electrons. The fraction of sp³-hybridized carbons (Fsp3) is 0.867. The summed E-state index contributed by atoms with van der Waals surface area (Å²) in [6.45, 7) is 2.89. The number of hydrogen-bond acceptors (Lipinski definition) is 3. The second kappa shape index (κ2) is 8.16. The molecular weight excluding hydrogens is 242 g/mol. The third-order valence-corrected chi connectivity index (χ3v) is 3.80. The van der Waals surface area contributed by atoms with Crippen molar-refractivity contribution in [3.63, 3.8) is 0 Å². The zero-order valence-corrected chi connectivity index (χ0v) is 11.9. The van der Waals surface area contributed by atoms with E-state index in [1.165, 1.54) is 19.3 Å². The van der Waals surface area contributed by atoms with E-state index in [0.717, 1.165) is 25.9 Å². The summed E-state index contributed by atoms with van der Waals surface area (Å²) >= 11 is 0. The Morgan fingerprint density at radius 1 is 1.32 bits per heavy atom. The lowest BCUT2D eigenvalue weighted by molar-refractivity contribution is -0.137. The minimum absolute atomic E-state index is 0.165. The van der Waals surface area contributed by atoms with Gasteiger partial charge in [-0.15, -0.1) is 0 Å². The number of carboxylic acids is 1. The Morgan fingerprint density at radius 3 is 2.53 bits per heavy atom. The van der Waals surface area contributed by atoms with Crippen molar-refractivity contribution in [3.05, 3.63) is 0 Å². The molecule has 0 aromatic rings. The number of aliphatic carboxylic acids is 1. The lowest BCUT2D eigenvalue weighted by atomic mass is 9.81. The minimum Gasteiger partial charge on any atom is -0.481 e. The van der Waals surface area contributed by atoms with Gasteiger partial charge in [-0.25, -0.2) is 0 Å². The van der Waals surface area contributed by atoms with Gasteiger partial charge >= 0.3 is 5.97 Å². The molecule has 1 saturated heterocycles. The summed E-state index contributed by atoms with van der Waals surface area (Å²) in [5, 5.41) is 17.8. The van der Waals surface area contributed by atoms with Gasteiger partial charge in [0.25, 0.3) is 0 Å². The van der Waals surface area contributed by atoms with Crippen LogP contribution in [-0.2, 0) is 9.53 Å². The van der Waals surface area contributed by atoms with Gasteiger partial charge in [0.2, 0.25) is 0 Å². The Hall–Kier alpha value is -1.08. The maximum absolute atomic E-state index is 10.5. The summed E-state index contributed by atoms with van der Waals surface area (Å²) in [6.07, 6.45) is 8.66. The van der Waals surface area contributed by atoms with Crippen LogP contribution < -0.4 is 0 Å². The van der Waals surface area contributed by atoms with Gasteiger partial charge in [0, 0.05) is 6.42 Å². The Bertz CT molecular complexity index is 320. The quantitative estimate of drug-likeness (QED) is 0.459. The zero-order valence-electron chi connectivity index (χ0n) is 11.9. The van der Waals surface area contributed by atoms with Gasteiger partial charge in [-0.05, 0) is 32.6 Å². The molecule has 19 heavy (non-hydrogen) atoms. The van der Waals surface area contributed by atoms with Crippen molar-refractivity contribution in [2.75, 3.05) is 6.61 Å². The number of ether oxygens (including phenoxy) is 1. The number of rotatable bonds is 11. The number of nitrogens with zero attached hydrogens (tertiary/aromatic N) is 1. The van der Waals surface area contributed by atoms with Gasteiger partial charge in [0.15, 0.2) is 0 Å². The van der Waals surface area contributed by atoms with E-state index in [0.29, 0.717) is 18.9 Å². The number of hydrogen-bond donors (Lipinski definition) is 1. The average Bonchev–Trinajstić information content (AvgIpc) is 3.17. The van der Waals surface area contributed by atoms with Gasteiger partial charge in [0.05, 0.1) is 24.2 Å². The summed E-state index contributed by atoms with van der Waals surface area (Å²) in [6, 6.07) is 2.36. The average molecular weight is 267 g/mol. The van der Waals surface area contributed by atoms with Crippen LogP contribution in [-0.4, -0.2) is 23.8 Å². The lowest BCUT2D eigenvalue weighted by Gasteiger charge is -2.20. The molecular formula is C15H25NO3. The molecule has 2 unspecified atom stereocenters. The summed E-state index contributed by atoms with van der Waals surface area (Å²) < 4.78 is 5.16. The van der Waals surface area contributed by atoms with Gasteiger partial charge < -0.3 is 9.84 Å². The summed E-state index contributed by atoms with van der Waals surface area (Å²) in [5.41, 5.74) is -0.352. The Kier molecular flexibility index (Phi) is 6.86. The first-order valence-corrected chi connectivity index (χ1v) is 7.30. The zero-order chi connectivity index (χ0) is 14.1. The molecule has 0 saturated carbocycles. The maximum atomic E-state index is 10.5. The van der Waals surface area contributed by atoms with E-state index in [1.54, 1.807) is 0 Å². The van der Waals surface area contributed by atoms with Crippen molar-refractivity contribution in [2.24, 2.45) is 5.41 Å². The van der Waals surface area contributed by atoms with E-state index in [4.69, 9.17) is 9.84 Å². The Labute approximate surface area is 115 Å². The van der Waals surface area contributed by atoms with E-state index in [-0.39, 0.29) is 11.8 Å². The topological polar surface area (TPSA) is 73.6 Å². The SMILES string of the molecule is CC(C#N)(CCCCCCC1CO1)CCCC(=O)O. The van der Waals surface area contributed by atoms with Gasteiger partial charge in [0.1, 0.15) is 0 Å². The van der Waals surface area contributed by atoms with Crippen LogP contribution in [0.5, 0.6) is 0 Å². The van der Waals surface area contributed by atoms with E-state index >= 15 is 0 Å². The summed E-state index contributed by atoms with van der Waals surface area (Å²) in [4.78, 5) is 10.5. The number of nitriles is 1. The molecule has 1 heterocycles.